The maximum atomic E-state index is 12.4. The number of halogens is 3. The number of hydrogen-bond acceptors (Lipinski definition) is 5. The highest BCUT2D eigenvalue weighted by molar-refractivity contribution is 6.38. The van der Waals surface area contributed by atoms with Gasteiger partial charge in [-0.1, -0.05) is 28.4 Å². The number of alkyl halides is 1. The summed E-state index contributed by atoms with van der Waals surface area (Å²) in [6.45, 7) is 0.399. The van der Waals surface area contributed by atoms with Crippen LogP contribution in [0.15, 0.2) is 16.9 Å². The quantitative estimate of drug-likeness (QED) is 0.443. The fraction of sp³-hybridized carbons (Fsp3) is 0.591. The normalized spacial score (nSPS) is 28.1. The minimum atomic E-state index is -0.230. The van der Waals surface area contributed by atoms with Crippen molar-refractivity contribution in [2.75, 3.05) is 5.88 Å². The second-order valence-electron chi connectivity index (χ2n) is 8.94. The first kappa shape index (κ1) is 20.7. The first-order valence-electron chi connectivity index (χ1n) is 10.5. The van der Waals surface area contributed by atoms with Crippen LogP contribution >= 0.6 is 34.8 Å². The lowest BCUT2D eigenvalue weighted by Crippen LogP contribution is -2.51. The molecule has 0 aromatic carbocycles. The Balaban J connectivity index is 1.40. The number of ether oxygens (including phenoxy) is 1. The van der Waals surface area contributed by atoms with Crippen LogP contribution in [-0.2, 0) is 16.1 Å². The lowest BCUT2D eigenvalue weighted by molar-refractivity contribution is -0.159. The van der Waals surface area contributed by atoms with Gasteiger partial charge in [0, 0.05) is 34.9 Å². The molecule has 2 bridgehead atoms. The molecule has 2 heterocycles. The number of carbonyl (C=O) groups excluding carboxylic acids is 1. The van der Waals surface area contributed by atoms with E-state index in [1.807, 2.05) is 0 Å². The molecular formula is C22H23Cl3N2O3. The van der Waals surface area contributed by atoms with E-state index < -0.39 is 0 Å². The third-order valence-electron chi connectivity index (χ3n) is 7.27. The van der Waals surface area contributed by atoms with Crippen molar-refractivity contribution in [3.05, 3.63) is 33.8 Å². The number of fused-ring (bicyclic) bond motifs is 3. The molecule has 4 saturated carbocycles. The van der Waals surface area contributed by atoms with Gasteiger partial charge in [-0.2, -0.15) is 0 Å². The number of carbonyl (C=O) groups is 1. The second kappa shape index (κ2) is 7.77. The Hall–Kier alpha value is -1.14. The average molecular weight is 470 g/mol. The first-order valence-corrected chi connectivity index (χ1v) is 11.8. The molecule has 4 aliphatic carbocycles. The molecule has 0 radical (unpaired) electrons. The van der Waals surface area contributed by atoms with Crippen molar-refractivity contribution in [1.82, 2.24) is 10.1 Å². The lowest BCUT2D eigenvalue weighted by atomic mass is 9.57. The molecule has 6 rings (SSSR count). The molecule has 2 aromatic heterocycles. The highest BCUT2D eigenvalue weighted by atomic mass is 35.5. The summed E-state index contributed by atoms with van der Waals surface area (Å²) in [4.78, 5) is 16.4. The molecule has 0 unspecified atom stereocenters. The largest absolute Gasteiger partial charge is 0.370 e. The van der Waals surface area contributed by atoms with Gasteiger partial charge in [-0.05, 0) is 51.4 Å². The smallest absolute Gasteiger partial charge is 0.153 e. The molecule has 0 amide bonds. The molecule has 0 saturated heterocycles. The number of ketones is 1. The average Bonchev–Trinajstić information content (AvgIpc) is 3.53. The predicted octanol–water partition coefficient (Wildman–Crippen LogP) is 6.34. The van der Waals surface area contributed by atoms with Gasteiger partial charge in [0.25, 0.3) is 0 Å². The summed E-state index contributed by atoms with van der Waals surface area (Å²) in [5.41, 5.74) is 1.78. The minimum Gasteiger partial charge on any atom is -0.370 e. The summed E-state index contributed by atoms with van der Waals surface area (Å²) in [6.07, 6.45) is 10.5. The summed E-state index contributed by atoms with van der Waals surface area (Å²) in [6, 6.07) is 0. The van der Waals surface area contributed by atoms with E-state index in [-0.39, 0.29) is 22.7 Å². The first-order chi connectivity index (χ1) is 14.5. The second-order valence-corrected chi connectivity index (χ2v) is 10.0. The Kier molecular flexibility index (Phi) is 5.37. The molecule has 0 atom stereocenters. The van der Waals surface area contributed by atoms with Crippen molar-refractivity contribution in [2.24, 2.45) is 5.41 Å². The van der Waals surface area contributed by atoms with Gasteiger partial charge < -0.3 is 9.26 Å². The maximum Gasteiger partial charge on any atom is 0.153 e. The molecular weight excluding hydrogens is 447 g/mol. The number of rotatable bonds is 7. The van der Waals surface area contributed by atoms with Crippen molar-refractivity contribution in [2.45, 2.75) is 69.5 Å². The monoisotopic (exact) mass is 468 g/mol. The Morgan fingerprint density at radius 3 is 2.30 bits per heavy atom. The molecule has 4 aliphatic rings. The van der Waals surface area contributed by atoms with Crippen LogP contribution in [0.2, 0.25) is 10.0 Å². The van der Waals surface area contributed by atoms with E-state index in [2.05, 4.69) is 10.1 Å². The predicted molar refractivity (Wildman–Crippen MR) is 115 cm³/mol. The van der Waals surface area contributed by atoms with E-state index in [0.29, 0.717) is 33.8 Å². The van der Waals surface area contributed by atoms with Gasteiger partial charge in [0.1, 0.15) is 11.5 Å². The van der Waals surface area contributed by atoms with Crippen molar-refractivity contribution in [3.63, 3.8) is 0 Å². The number of aromatic nitrogens is 2. The summed E-state index contributed by atoms with van der Waals surface area (Å²) >= 11 is 18.7. The van der Waals surface area contributed by atoms with Crippen molar-refractivity contribution in [3.8, 4) is 11.3 Å². The van der Waals surface area contributed by atoms with E-state index in [1.54, 1.807) is 12.4 Å². The van der Waals surface area contributed by atoms with E-state index in [1.165, 1.54) is 0 Å². The molecule has 4 fully saturated rings. The van der Waals surface area contributed by atoms with Crippen LogP contribution in [-0.4, -0.2) is 27.4 Å². The minimum absolute atomic E-state index is 0.107. The van der Waals surface area contributed by atoms with Gasteiger partial charge in [0.05, 0.1) is 28.1 Å². The third kappa shape index (κ3) is 3.48. The van der Waals surface area contributed by atoms with Gasteiger partial charge >= 0.3 is 0 Å². The zero-order valence-electron chi connectivity index (χ0n) is 16.6. The van der Waals surface area contributed by atoms with Crippen molar-refractivity contribution >= 4 is 40.6 Å². The number of pyridine rings is 1. The van der Waals surface area contributed by atoms with Crippen LogP contribution in [0.3, 0.4) is 0 Å². The fourth-order valence-corrected chi connectivity index (χ4v) is 5.94. The van der Waals surface area contributed by atoms with Gasteiger partial charge in [0.15, 0.2) is 5.78 Å². The summed E-state index contributed by atoms with van der Waals surface area (Å²) in [7, 11) is 0. The van der Waals surface area contributed by atoms with Crippen LogP contribution in [0, 0.1) is 5.41 Å². The standard InChI is InChI=1S/C22H23Cl3N2O3/c23-9-17(28)21-3-6-22(7-4-21,8-5-21)29-12-14-19(27-30-20(14)13-1-2-13)18-15(24)10-26-11-16(18)25/h10-11,13H,1-9,12H2. The molecule has 0 aliphatic heterocycles. The van der Waals surface area contributed by atoms with Crippen LogP contribution in [0.1, 0.15) is 68.6 Å². The number of hydrogen-bond donors (Lipinski definition) is 0. The van der Waals surface area contributed by atoms with Crippen LogP contribution < -0.4 is 0 Å². The van der Waals surface area contributed by atoms with Crippen molar-refractivity contribution in [1.29, 1.82) is 0 Å². The third-order valence-corrected chi connectivity index (χ3v) is 8.09. The fourth-order valence-electron chi connectivity index (χ4n) is 5.11. The van der Waals surface area contributed by atoms with E-state index in [4.69, 9.17) is 44.1 Å². The van der Waals surface area contributed by atoms with Crippen LogP contribution in [0.25, 0.3) is 11.3 Å². The van der Waals surface area contributed by atoms with Crippen LogP contribution in [0.5, 0.6) is 0 Å². The SMILES string of the molecule is O=C(CCl)C12CCC(OCc3c(-c4c(Cl)cncc4Cl)noc3C3CC3)(CC1)CC2. The summed E-state index contributed by atoms with van der Waals surface area (Å²) < 4.78 is 12.3. The van der Waals surface area contributed by atoms with Gasteiger partial charge in [-0.15, -0.1) is 11.6 Å². The van der Waals surface area contributed by atoms with Gasteiger partial charge in [-0.3, -0.25) is 9.78 Å². The number of Topliss-reactive ketones (excluding diaryl/α,β-unsaturated/α-hetero) is 1. The molecule has 8 heteroatoms. The molecule has 5 nitrogen and oxygen atoms in total. The van der Waals surface area contributed by atoms with E-state index >= 15 is 0 Å². The zero-order chi connectivity index (χ0) is 20.9. The Morgan fingerprint density at radius 1 is 1.10 bits per heavy atom. The summed E-state index contributed by atoms with van der Waals surface area (Å²) in [5.74, 6) is 1.56. The van der Waals surface area contributed by atoms with Crippen LogP contribution in [0.4, 0.5) is 0 Å². The van der Waals surface area contributed by atoms with Gasteiger partial charge in [0.2, 0.25) is 0 Å². The summed E-state index contributed by atoms with van der Waals surface area (Å²) in [5, 5.41) is 5.21. The highest BCUT2D eigenvalue weighted by Gasteiger charge is 2.52. The Bertz CT molecular complexity index is 941. The Morgan fingerprint density at radius 2 is 1.73 bits per heavy atom. The molecule has 30 heavy (non-hydrogen) atoms. The highest BCUT2D eigenvalue weighted by Crippen LogP contribution is 2.55. The van der Waals surface area contributed by atoms with Gasteiger partial charge in [-0.25, -0.2) is 0 Å². The van der Waals surface area contributed by atoms with E-state index in [0.717, 1.165) is 62.7 Å². The molecule has 2 aromatic rings. The molecule has 0 N–H and O–H groups in total. The maximum absolute atomic E-state index is 12.4. The molecule has 0 spiro atoms. The molecule has 160 valence electrons. The lowest BCUT2D eigenvalue weighted by Gasteiger charge is -2.52. The Labute approximate surface area is 190 Å². The van der Waals surface area contributed by atoms with E-state index in [9.17, 15) is 4.79 Å². The topological polar surface area (TPSA) is 65.2 Å². The van der Waals surface area contributed by atoms with Crippen molar-refractivity contribution < 1.29 is 14.1 Å². The number of nitrogens with zero attached hydrogens (tertiary/aromatic N) is 2. The zero-order valence-corrected chi connectivity index (χ0v) is 18.8.